The van der Waals surface area contributed by atoms with Gasteiger partial charge in [-0.1, -0.05) is 13.0 Å². The molecule has 2 fully saturated rings. The van der Waals surface area contributed by atoms with Crippen molar-refractivity contribution in [1.29, 1.82) is 0 Å². The maximum absolute atomic E-state index is 12.6. The lowest BCUT2D eigenvalue weighted by Gasteiger charge is -2.50. The molecule has 2 aromatic carbocycles. The van der Waals surface area contributed by atoms with E-state index in [2.05, 4.69) is 13.0 Å². The molecule has 0 amide bonds. The number of phenolic OH excluding ortho intramolecular Hbond substituents is 1. The van der Waals surface area contributed by atoms with E-state index in [1.54, 1.807) is 6.07 Å². The Labute approximate surface area is 210 Å². The molecule has 0 heterocycles. The number of carbonyl (C=O) groups excluding carboxylic acids is 2. The second-order valence-electron chi connectivity index (χ2n) is 10.5. The topological polar surface area (TPSA) is 133 Å². The van der Waals surface area contributed by atoms with E-state index in [4.69, 9.17) is 14.6 Å². The minimum atomic E-state index is -3.86. The number of nitrogens with two attached hydrogens (primary N) is 1. The highest BCUT2D eigenvalue weighted by molar-refractivity contribution is 7.89. The lowest BCUT2D eigenvalue weighted by Crippen LogP contribution is -2.45. The maximum atomic E-state index is 12.6. The molecule has 3 aliphatic carbocycles. The third kappa shape index (κ3) is 4.50. The summed E-state index contributed by atoms with van der Waals surface area (Å²) in [5, 5.41) is 14.9. The molecule has 0 radical (unpaired) electrons. The predicted octanol–water partition coefficient (Wildman–Crippen LogP) is 3.66. The Kier molecular flexibility index (Phi) is 6.32. The number of aryl methyl sites for hydroxylation is 1. The Morgan fingerprint density at radius 3 is 2.56 bits per heavy atom. The predicted molar refractivity (Wildman–Crippen MR) is 131 cm³/mol. The van der Waals surface area contributed by atoms with E-state index in [9.17, 15) is 23.1 Å². The van der Waals surface area contributed by atoms with Crippen molar-refractivity contribution in [3.63, 3.8) is 0 Å². The van der Waals surface area contributed by atoms with Crippen molar-refractivity contribution in [3.8, 4) is 5.75 Å². The van der Waals surface area contributed by atoms with Gasteiger partial charge in [0.25, 0.3) is 0 Å². The SMILES string of the molecule is CC12CCC3c4ccc(O)cc4CCC3C1CCC2OC(=O)COC(=O)c1ccc(S(N)(=O)=O)cc1. The lowest BCUT2D eigenvalue weighted by molar-refractivity contribution is -0.161. The molecular formula is C27H31NO7S. The van der Waals surface area contributed by atoms with Crippen LogP contribution in [-0.4, -0.2) is 38.2 Å². The van der Waals surface area contributed by atoms with E-state index in [0.29, 0.717) is 23.5 Å². The highest BCUT2D eigenvalue weighted by Gasteiger charge is 2.56. The molecule has 5 unspecified atom stereocenters. The number of benzene rings is 2. The molecule has 2 aromatic rings. The number of fused-ring (bicyclic) bond motifs is 5. The van der Waals surface area contributed by atoms with E-state index >= 15 is 0 Å². The van der Waals surface area contributed by atoms with Crippen LogP contribution in [0.5, 0.6) is 5.75 Å². The normalized spacial score (nSPS) is 28.9. The lowest BCUT2D eigenvalue weighted by atomic mass is 9.55. The maximum Gasteiger partial charge on any atom is 0.344 e. The molecule has 5 rings (SSSR count). The standard InChI is InChI=1S/C27H31NO7S/c1-27-13-12-21-20-9-5-18(29)14-17(20)4-8-22(21)23(27)10-11-24(27)35-25(30)15-34-26(31)16-2-6-19(7-3-16)36(28,32)33/h2-3,5-7,9,14,21-24,29H,4,8,10-13,15H2,1H3,(H2,28,32,33). The van der Waals surface area contributed by atoms with Crippen molar-refractivity contribution < 1.29 is 32.6 Å². The van der Waals surface area contributed by atoms with Crippen LogP contribution >= 0.6 is 0 Å². The molecule has 3 N–H and O–H groups in total. The molecule has 0 aromatic heterocycles. The number of aromatic hydroxyl groups is 1. The molecule has 0 saturated heterocycles. The number of rotatable bonds is 5. The molecule has 0 aliphatic heterocycles. The molecule has 3 aliphatic rings. The average Bonchev–Trinajstić information content (AvgIpc) is 3.17. The van der Waals surface area contributed by atoms with E-state index < -0.39 is 28.6 Å². The summed E-state index contributed by atoms with van der Waals surface area (Å²) in [4.78, 5) is 24.8. The van der Waals surface area contributed by atoms with Crippen LogP contribution < -0.4 is 5.14 Å². The molecule has 36 heavy (non-hydrogen) atoms. The fourth-order valence-electron chi connectivity index (χ4n) is 6.90. The first-order chi connectivity index (χ1) is 17.1. The van der Waals surface area contributed by atoms with Gasteiger partial charge in [-0.3, -0.25) is 0 Å². The van der Waals surface area contributed by atoms with E-state index in [-0.39, 0.29) is 22.0 Å². The Hall–Kier alpha value is -2.91. The van der Waals surface area contributed by atoms with E-state index in [0.717, 1.165) is 38.5 Å². The summed E-state index contributed by atoms with van der Waals surface area (Å²) >= 11 is 0. The van der Waals surface area contributed by atoms with E-state index in [1.165, 1.54) is 35.4 Å². The summed E-state index contributed by atoms with van der Waals surface area (Å²) in [6, 6.07) is 10.8. The highest BCUT2D eigenvalue weighted by atomic mass is 32.2. The van der Waals surface area contributed by atoms with Crippen molar-refractivity contribution >= 4 is 22.0 Å². The van der Waals surface area contributed by atoms with Gasteiger partial charge in [0.1, 0.15) is 11.9 Å². The number of phenols is 1. The Morgan fingerprint density at radius 1 is 1.08 bits per heavy atom. The number of hydrogen-bond acceptors (Lipinski definition) is 7. The highest BCUT2D eigenvalue weighted by Crippen LogP contribution is 2.61. The summed E-state index contributed by atoms with van der Waals surface area (Å²) in [6.07, 6.45) is 5.57. The summed E-state index contributed by atoms with van der Waals surface area (Å²) in [7, 11) is -3.86. The minimum absolute atomic E-state index is 0.112. The molecule has 8 nitrogen and oxygen atoms in total. The average molecular weight is 514 g/mol. The van der Waals surface area contributed by atoms with Gasteiger partial charge in [-0.2, -0.15) is 0 Å². The minimum Gasteiger partial charge on any atom is -0.508 e. The Bertz CT molecular complexity index is 1290. The fourth-order valence-corrected chi connectivity index (χ4v) is 7.41. The second kappa shape index (κ2) is 9.19. The zero-order valence-corrected chi connectivity index (χ0v) is 21.0. The largest absolute Gasteiger partial charge is 0.508 e. The van der Waals surface area contributed by atoms with Gasteiger partial charge in [-0.05, 0) is 104 Å². The number of carbonyl (C=O) groups is 2. The van der Waals surface area contributed by atoms with Gasteiger partial charge in [-0.25, -0.2) is 23.1 Å². The quantitative estimate of drug-likeness (QED) is 0.583. The van der Waals surface area contributed by atoms with Gasteiger partial charge >= 0.3 is 11.9 Å². The van der Waals surface area contributed by atoms with Crippen molar-refractivity contribution in [2.75, 3.05) is 6.61 Å². The first kappa shape index (κ1) is 24.8. The number of hydrogen-bond donors (Lipinski definition) is 2. The van der Waals surface area contributed by atoms with Crippen LogP contribution in [0.2, 0.25) is 0 Å². The number of esters is 2. The Balaban J connectivity index is 1.19. The molecule has 0 bridgehead atoms. The van der Waals surface area contributed by atoms with Gasteiger partial charge in [-0.15, -0.1) is 0 Å². The van der Waals surface area contributed by atoms with Crippen LogP contribution in [0.15, 0.2) is 47.4 Å². The van der Waals surface area contributed by atoms with Crippen LogP contribution in [-0.2, 0) is 30.7 Å². The summed E-state index contributed by atoms with van der Waals surface area (Å²) in [5.41, 5.74) is 2.61. The first-order valence-electron chi connectivity index (χ1n) is 12.4. The number of sulfonamides is 1. The van der Waals surface area contributed by atoms with Crippen molar-refractivity contribution in [2.24, 2.45) is 22.4 Å². The van der Waals surface area contributed by atoms with Gasteiger partial charge < -0.3 is 14.6 Å². The monoisotopic (exact) mass is 513 g/mol. The molecule has 0 spiro atoms. The van der Waals surface area contributed by atoms with Crippen LogP contribution in [0.25, 0.3) is 0 Å². The third-order valence-corrected chi connectivity index (χ3v) is 9.57. The molecule has 192 valence electrons. The zero-order chi connectivity index (χ0) is 25.7. The molecular weight excluding hydrogens is 482 g/mol. The number of ether oxygens (including phenoxy) is 2. The van der Waals surface area contributed by atoms with Gasteiger partial charge in [0.2, 0.25) is 10.0 Å². The third-order valence-electron chi connectivity index (χ3n) is 8.64. The van der Waals surface area contributed by atoms with E-state index in [1.807, 2.05) is 6.07 Å². The molecule has 5 atom stereocenters. The molecule has 2 saturated carbocycles. The van der Waals surface area contributed by atoms with Crippen molar-refractivity contribution in [1.82, 2.24) is 0 Å². The fraction of sp³-hybridized carbons (Fsp3) is 0.481. The second-order valence-corrected chi connectivity index (χ2v) is 12.1. The van der Waals surface area contributed by atoms with Crippen LogP contribution in [0.4, 0.5) is 0 Å². The number of primary sulfonamides is 1. The Morgan fingerprint density at radius 2 is 1.83 bits per heavy atom. The smallest absolute Gasteiger partial charge is 0.344 e. The summed E-state index contributed by atoms with van der Waals surface area (Å²) in [5.74, 6) is 0.461. The first-order valence-corrected chi connectivity index (χ1v) is 13.9. The molecule has 9 heteroatoms. The van der Waals surface area contributed by atoms with Crippen molar-refractivity contribution in [2.45, 2.75) is 62.4 Å². The van der Waals surface area contributed by atoms with Crippen LogP contribution in [0, 0.1) is 17.3 Å². The zero-order valence-electron chi connectivity index (χ0n) is 20.2. The van der Waals surface area contributed by atoms with Gasteiger partial charge in [0.15, 0.2) is 6.61 Å². The van der Waals surface area contributed by atoms with Crippen molar-refractivity contribution in [3.05, 3.63) is 59.2 Å². The van der Waals surface area contributed by atoms with Crippen LogP contribution in [0.1, 0.15) is 66.4 Å². The summed E-state index contributed by atoms with van der Waals surface area (Å²) < 4.78 is 33.7. The summed E-state index contributed by atoms with van der Waals surface area (Å²) in [6.45, 7) is 1.72. The van der Waals surface area contributed by atoms with Crippen LogP contribution in [0.3, 0.4) is 0 Å². The van der Waals surface area contributed by atoms with Gasteiger partial charge in [0.05, 0.1) is 10.5 Å². The van der Waals surface area contributed by atoms with Gasteiger partial charge in [0, 0.05) is 5.41 Å².